The number of para-hydroxylation sites is 2. The Balaban J connectivity index is 2.26. The standard InChI is InChI=1S/C24H26IO2P/c1-4-5-17-28(25)24-20(18-11-6-8-15-22(18)26-2)13-10-14-21(24)19-12-7-9-16-23(19)27-3/h6-16H,4-5,17H2,1-3H3. The van der Waals surface area contributed by atoms with Crippen molar-refractivity contribution in [3.63, 3.8) is 0 Å². The summed E-state index contributed by atoms with van der Waals surface area (Å²) in [6.45, 7) is 2.26. The van der Waals surface area contributed by atoms with E-state index in [0.29, 0.717) is 0 Å². The van der Waals surface area contributed by atoms with Crippen molar-refractivity contribution in [3.8, 4) is 33.8 Å². The summed E-state index contributed by atoms with van der Waals surface area (Å²) in [4.78, 5) is 0. The van der Waals surface area contributed by atoms with Gasteiger partial charge in [0.1, 0.15) is 11.5 Å². The van der Waals surface area contributed by atoms with Gasteiger partial charge in [-0.1, -0.05) is 67.9 Å². The predicted octanol–water partition coefficient (Wildman–Crippen LogP) is 7.30. The Morgan fingerprint density at radius 1 is 0.714 bits per heavy atom. The van der Waals surface area contributed by atoms with Crippen LogP contribution in [-0.4, -0.2) is 20.4 Å². The first-order chi connectivity index (χ1) is 13.7. The van der Waals surface area contributed by atoms with Crippen LogP contribution >= 0.6 is 27.6 Å². The van der Waals surface area contributed by atoms with Crippen LogP contribution in [0.5, 0.6) is 11.5 Å². The molecule has 0 radical (unpaired) electrons. The molecule has 28 heavy (non-hydrogen) atoms. The molecule has 3 aromatic carbocycles. The summed E-state index contributed by atoms with van der Waals surface area (Å²) in [7, 11) is 3.49. The molecule has 0 fully saturated rings. The van der Waals surface area contributed by atoms with Gasteiger partial charge in [0, 0.05) is 16.4 Å². The minimum absolute atomic E-state index is 0.346. The highest BCUT2D eigenvalue weighted by Gasteiger charge is 2.21. The van der Waals surface area contributed by atoms with Crippen LogP contribution in [0.3, 0.4) is 0 Å². The van der Waals surface area contributed by atoms with Crippen LogP contribution in [0.2, 0.25) is 0 Å². The zero-order valence-corrected chi connectivity index (χ0v) is 19.7. The summed E-state index contributed by atoms with van der Waals surface area (Å²) >= 11 is 2.67. The number of unbranched alkanes of at least 4 members (excludes halogenated alkanes) is 1. The van der Waals surface area contributed by atoms with E-state index in [2.05, 4.69) is 71.4 Å². The van der Waals surface area contributed by atoms with Crippen molar-refractivity contribution in [1.82, 2.24) is 0 Å². The maximum Gasteiger partial charge on any atom is 0.126 e. The van der Waals surface area contributed by atoms with E-state index in [1.165, 1.54) is 35.4 Å². The highest BCUT2D eigenvalue weighted by Crippen LogP contribution is 2.51. The summed E-state index contributed by atoms with van der Waals surface area (Å²) < 4.78 is 11.4. The zero-order valence-electron chi connectivity index (χ0n) is 16.6. The largest absolute Gasteiger partial charge is 0.496 e. The second-order valence-electron chi connectivity index (χ2n) is 6.54. The monoisotopic (exact) mass is 504 g/mol. The number of benzene rings is 3. The smallest absolute Gasteiger partial charge is 0.126 e. The van der Waals surface area contributed by atoms with Crippen molar-refractivity contribution in [3.05, 3.63) is 66.7 Å². The first kappa shape index (κ1) is 21.1. The van der Waals surface area contributed by atoms with Crippen molar-refractivity contribution >= 4 is 32.9 Å². The van der Waals surface area contributed by atoms with E-state index in [1.807, 2.05) is 24.3 Å². The van der Waals surface area contributed by atoms with Gasteiger partial charge in [-0.05, 0) is 63.4 Å². The number of rotatable bonds is 8. The van der Waals surface area contributed by atoms with Crippen molar-refractivity contribution in [1.29, 1.82) is 0 Å². The fraction of sp³-hybridized carbons (Fsp3) is 0.250. The molecule has 0 aromatic heterocycles. The predicted molar refractivity (Wildman–Crippen MR) is 131 cm³/mol. The lowest BCUT2D eigenvalue weighted by Gasteiger charge is -2.22. The third-order valence-electron chi connectivity index (χ3n) is 4.78. The number of hydrogen-bond donors (Lipinski definition) is 0. The van der Waals surface area contributed by atoms with E-state index in [0.717, 1.165) is 22.6 Å². The third-order valence-corrected chi connectivity index (χ3v) is 9.35. The van der Waals surface area contributed by atoms with Crippen LogP contribution in [0.25, 0.3) is 22.3 Å². The second kappa shape index (κ2) is 10.3. The summed E-state index contributed by atoms with van der Waals surface area (Å²) in [5.41, 5.74) is 4.48. The highest BCUT2D eigenvalue weighted by atomic mass is 127. The average molecular weight is 504 g/mol. The lowest BCUT2D eigenvalue weighted by Crippen LogP contribution is -2.10. The van der Waals surface area contributed by atoms with Gasteiger partial charge in [0.25, 0.3) is 0 Å². The molecule has 0 aliphatic carbocycles. The fourth-order valence-electron chi connectivity index (χ4n) is 3.38. The Morgan fingerprint density at radius 2 is 1.18 bits per heavy atom. The Labute approximate surface area is 182 Å². The molecule has 0 amide bonds. The third kappa shape index (κ3) is 4.52. The SMILES string of the molecule is CCCCP(I)c1c(-c2ccccc2OC)cccc1-c1ccccc1OC. The van der Waals surface area contributed by atoms with Gasteiger partial charge >= 0.3 is 0 Å². The molecule has 0 spiro atoms. The first-order valence-electron chi connectivity index (χ1n) is 9.54. The quantitative estimate of drug-likeness (QED) is 0.237. The van der Waals surface area contributed by atoms with Crippen LogP contribution in [-0.2, 0) is 0 Å². The van der Waals surface area contributed by atoms with Crippen LogP contribution in [0.4, 0.5) is 0 Å². The van der Waals surface area contributed by atoms with Gasteiger partial charge in [-0.2, -0.15) is 0 Å². The molecule has 1 atom stereocenters. The maximum atomic E-state index is 5.69. The normalized spacial score (nSPS) is 11.9. The van der Waals surface area contributed by atoms with E-state index in [4.69, 9.17) is 9.47 Å². The van der Waals surface area contributed by atoms with Gasteiger partial charge in [0.2, 0.25) is 0 Å². The molecular weight excluding hydrogens is 478 g/mol. The minimum Gasteiger partial charge on any atom is -0.496 e. The Bertz CT molecular complexity index is 860. The van der Waals surface area contributed by atoms with Crippen molar-refractivity contribution in [2.75, 3.05) is 20.4 Å². The van der Waals surface area contributed by atoms with E-state index < -0.39 is 0 Å². The lowest BCUT2D eigenvalue weighted by atomic mass is 9.97. The Hall–Kier alpha value is -1.58. The minimum atomic E-state index is -0.346. The van der Waals surface area contributed by atoms with Crippen molar-refractivity contribution < 1.29 is 9.47 Å². The van der Waals surface area contributed by atoms with Gasteiger partial charge in [0.15, 0.2) is 0 Å². The van der Waals surface area contributed by atoms with Crippen LogP contribution in [0, 0.1) is 0 Å². The maximum absolute atomic E-state index is 5.69. The molecule has 2 nitrogen and oxygen atoms in total. The van der Waals surface area contributed by atoms with Crippen molar-refractivity contribution in [2.24, 2.45) is 0 Å². The molecule has 4 heteroatoms. The first-order valence-corrected chi connectivity index (χ1v) is 13.9. The van der Waals surface area contributed by atoms with Gasteiger partial charge in [-0.15, -0.1) is 0 Å². The number of hydrogen-bond acceptors (Lipinski definition) is 2. The molecule has 0 heterocycles. The van der Waals surface area contributed by atoms with Crippen molar-refractivity contribution in [2.45, 2.75) is 19.8 Å². The molecule has 3 rings (SSSR count). The fourth-order valence-corrected chi connectivity index (χ4v) is 7.70. The topological polar surface area (TPSA) is 18.5 Å². The number of halogens is 1. The molecule has 0 saturated heterocycles. The van der Waals surface area contributed by atoms with Crippen LogP contribution in [0.1, 0.15) is 19.8 Å². The summed E-state index contributed by atoms with van der Waals surface area (Å²) in [5, 5.41) is 1.42. The van der Waals surface area contributed by atoms with Gasteiger partial charge in [0.05, 0.1) is 14.2 Å². The number of methoxy groups -OCH3 is 2. The molecule has 0 saturated carbocycles. The Morgan fingerprint density at radius 3 is 1.64 bits per heavy atom. The molecule has 0 bridgehead atoms. The average Bonchev–Trinajstić information content (AvgIpc) is 2.76. The van der Waals surface area contributed by atoms with Gasteiger partial charge in [-0.25, -0.2) is 0 Å². The van der Waals surface area contributed by atoms with Crippen LogP contribution < -0.4 is 14.8 Å². The lowest BCUT2D eigenvalue weighted by molar-refractivity contribution is 0.416. The van der Waals surface area contributed by atoms with E-state index in [9.17, 15) is 0 Å². The van der Waals surface area contributed by atoms with E-state index >= 15 is 0 Å². The molecule has 146 valence electrons. The zero-order chi connectivity index (χ0) is 19.9. The highest BCUT2D eigenvalue weighted by molar-refractivity contribution is 14.2. The van der Waals surface area contributed by atoms with Gasteiger partial charge < -0.3 is 9.47 Å². The summed E-state index contributed by atoms with van der Waals surface area (Å²) in [6.07, 6.45) is 3.66. The molecule has 3 aromatic rings. The van der Waals surface area contributed by atoms with E-state index in [-0.39, 0.29) is 5.56 Å². The molecule has 0 aliphatic rings. The second-order valence-corrected chi connectivity index (χ2v) is 11.7. The molecular formula is C24H26IO2P. The van der Waals surface area contributed by atoms with Crippen LogP contribution in [0.15, 0.2) is 66.7 Å². The van der Waals surface area contributed by atoms with E-state index in [1.54, 1.807) is 14.2 Å². The molecule has 0 aliphatic heterocycles. The summed E-state index contributed by atoms with van der Waals surface area (Å²) in [5.74, 6) is 1.83. The Kier molecular flexibility index (Phi) is 7.75. The van der Waals surface area contributed by atoms with Gasteiger partial charge in [-0.3, -0.25) is 0 Å². The molecule has 0 N–H and O–H groups in total. The summed E-state index contributed by atoms with van der Waals surface area (Å²) in [6, 6.07) is 23.2. The molecule has 1 unspecified atom stereocenters. The number of ether oxygens (including phenoxy) is 2.